The molecule has 0 aliphatic heterocycles. The molecule has 4 atom stereocenters. The topological polar surface area (TPSA) is 321 Å². The van der Waals surface area contributed by atoms with Gasteiger partial charge in [0.1, 0.15) is 18.1 Å². The number of nitrogens with one attached hydrogen (secondary N) is 3. The first kappa shape index (κ1) is 33.0. The van der Waals surface area contributed by atoms with Gasteiger partial charge in [-0.25, -0.2) is 4.79 Å². The Morgan fingerprint density at radius 3 is 1.81 bits per heavy atom. The average molecular weight is 532 g/mol. The van der Waals surface area contributed by atoms with Crippen molar-refractivity contribution >= 4 is 41.5 Å². The third-order valence-electron chi connectivity index (χ3n) is 4.92. The minimum absolute atomic E-state index is 0.00922. The van der Waals surface area contributed by atoms with Gasteiger partial charge in [0, 0.05) is 6.54 Å². The van der Waals surface area contributed by atoms with Crippen molar-refractivity contribution in [2.45, 2.75) is 69.1 Å². The van der Waals surface area contributed by atoms with E-state index in [2.05, 4.69) is 15.6 Å². The number of primary amides is 1. The Balaban J connectivity index is 5.60. The summed E-state index contributed by atoms with van der Waals surface area (Å²) in [5, 5.41) is 25.0. The van der Waals surface area contributed by atoms with E-state index in [0.29, 0.717) is 25.8 Å². The van der Waals surface area contributed by atoms with E-state index in [1.807, 2.05) is 5.32 Å². The summed E-state index contributed by atoms with van der Waals surface area (Å²) in [6, 6.07) is -5.70. The summed E-state index contributed by atoms with van der Waals surface area (Å²) in [5.74, 6) is -7.08. The van der Waals surface area contributed by atoms with E-state index in [9.17, 15) is 33.9 Å². The normalized spacial score (nSPS) is 13.8. The number of carboxylic acid groups (broad SMARTS) is 2. The van der Waals surface area contributed by atoms with Crippen molar-refractivity contribution in [3.05, 3.63) is 0 Å². The molecule has 15 N–H and O–H groups in total. The summed E-state index contributed by atoms with van der Waals surface area (Å²) < 4.78 is 0. The van der Waals surface area contributed by atoms with Gasteiger partial charge in [0.15, 0.2) is 5.96 Å². The third-order valence-corrected chi connectivity index (χ3v) is 4.92. The second-order valence-electron chi connectivity index (χ2n) is 8.13. The van der Waals surface area contributed by atoms with Gasteiger partial charge in [-0.15, -0.1) is 0 Å². The summed E-state index contributed by atoms with van der Waals surface area (Å²) >= 11 is 0. The molecule has 0 aliphatic carbocycles. The number of amides is 4. The highest BCUT2D eigenvalue weighted by molar-refractivity contribution is 5.96. The molecule has 17 heteroatoms. The van der Waals surface area contributed by atoms with Crippen LogP contribution >= 0.6 is 0 Å². The van der Waals surface area contributed by atoms with Gasteiger partial charge in [0.05, 0.1) is 18.9 Å². The van der Waals surface area contributed by atoms with Gasteiger partial charge in [-0.05, 0) is 32.2 Å². The standard InChI is InChI=1S/C20H37N9O8/c21-6-2-1-4-10(22)16(33)27-11(5-3-7-26-20(24)25)17(34)28-12(9-15(31)32)18(35)29-13(19(36)37)8-14(23)30/h10-13H,1-9,21-22H2,(H2,23,30)(H,27,33)(H,28,34)(H,29,35)(H,31,32)(H,36,37)(H4,24,25,26). The van der Waals surface area contributed by atoms with Gasteiger partial charge < -0.3 is 54.8 Å². The van der Waals surface area contributed by atoms with E-state index in [1.54, 1.807) is 0 Å². The van der Waals surface area contributed by atoms with E-state index >= 15 is 0 Å². The monoisotopic (exact) mass is 531 g/mol. The van der Waals surface area contributed by atoms with Crippen molar-refractivity contribution in [1.82, 2.24) is 16.0 Å². The molecule has 0 spiro atoms. The number of hydrogen-bond donors (Lipinski definition) is 10. The van der Waals surface area contributed by atoms with Crippen LogP contribution in [0.3, 0.4) is 0 Å². The SMILES string of the molecule is NCCCCC(N)C(=O)NC(CCCN=C(N)N)C(=O)NC(CC(=O)O)C(=O)NC(CC(N)=O)C(=O)O. The van der Waals surface area contributed by atoms with E-state index in [0.717, 1.165) is 0 Å². The first-order valence-corrected chi connectivity index (χ1v) is 11.4. The van der Waals surface area contributed by atoms with Crippen LogP contribution in [0.2, 0.25) is 0 Å². The fraction of sp³-hybridized carbons (Fsp3) is 0.650. The minimum Gasteiger partial charge on any atom is -0.481 e. The number of nitrogens with two attached hydrogens (primary N) is 5. The zero-order valence-electron chi connectivity index (χ0n) is 20.4. The number of carbonyl (C=O) groups excluding carboxylic acids is 4. The zero-order valence-corrected chi connectivity index (χ0v) is 20.4. The molecule has 0 aromatic rings. The average Bonchev–Trinajstić information content (AvgIpc) is 2.79. The van der Waals surface area contributed by atoms with Crippen LogP contribution in [0.5, 0.6) is 0 Å². The Hall–Kier alpha value is -3.99. The van der Waals surface area contributed by atoms with Crippen molar-refractivity contribution in [1.29, 1.82) is 0 Å². The molecule has 4 amide bonds. The fourth-order valence-electron chi connectivity index (χ4n) is 3.02. The number of nitrogens with zero attached hydrogens (tertiary/aromatic N) is 1. The summed E-state index contributed by atoms with van der Waals surface area (Å²) in [6.07, 6.45) is 0.0324. The smallest absolute Gasteiger partial charge is 0.326 e. The number of carboxylic acids is 2. The molecule has 0 aromatic heterocycles. The van der Waals surface area contributed by atoms with Crippen LogP contribution in [-0.4, -0.2) is 89.0 Å². The zero-order chi connectivity index (χ0) is 28.5. The Morgan fingerprint density at radius 1 is 0.730 bits per heavy atom. The molecule has 0 aliphatic rings. The van der Waals surface area contributed by atoms with Crippen molar-refractivity contribution < 1.29 is 39.0 Å². The van der Waals surface area contributed by atoms with Crippen LogP contribution < -0.4 is 44.6 Å². The summed E-state index contributed by atoms with van der Waals surface area (Å²) in [7, 11) is 0. The van der Waals surface area contributed by atoms with Crippen LogP contribution in [0.1, 0.15) is 44.9 Å². The summed E-state index contributed by atoms with van der Waals surface area (Å²) in [6.45, 7) is 0.524. The molecule has 0 saturated heterocycles. The fourth-order valence-corrected chi connectivity index (χ4v) is 3.02. The van der Waals surface area contributed by atoms with Crippen LogP contribution in [0.25, 0.3) is 0 Å². The van der Waals surface area contributed by atoms with Crippen LogP contribution in [0.4, 0.5) is 0 Å². The lowest BCUT2D eigenvalue weighted by molar-refractivity contribution is -0.144. The summed E-state index contributed by atoms with van der Waals surface area (Å²) in [5.41, 5.74) is 26.8. The van der Waals surface area contributed by atoms with Crippen LogP contribution in [0.15, 0.2) is 4.99 Å². The van der Waals surface area contributed by atoms with Gasteiger partial charge in [0.25, 0.3) is 0 Å². The van der Waals surface area contributed by atoms with Gasteiger partial charge >= 0.3 is 11.9 Å². The molecule has 0 rings (SSSR count). The van der Waals surface area contributed by atoms with E-state index in [4.69, 9.17) is 33.8 Å². The number of guanidine groups is 1. The molecule has 0 fully saturated rings. The van der Waals surface area contributed by atoms with E-state index in [-0.39, 0.29) is 25.3 Å². The lowest BCUT2D eigenvalue weighted by atomic mass is 10.1. The number of aliphatic imine (C=N–C) groups is 1. The maximum Gasteiger partial charge on any atom is 0.326 e. The number of unbranched alkanes of at least 4 members (excludes halogenated alkanes) is 1. The molecule has 0 saturated carbocycles. The second kappa shape index (κ2) is 17.4. The van der Waals surface area contributed by atoms with Gasteiger partial charge in [-0.3, -0.25) is 29.0 Å². The maximum atomic E-state index is 13.0. The highest BCUT2D eigenvalue weighted by Gasteiger charge is 2.32. The lowest BCUT2D eigenvalue weighted by Gasteiger charge is -2.24. The highest BCUT2D eigenvalue weighted by atomic mass is 16.4. The number of carbonyl (C=O) groups is 6. The molecular formula is C20H37N9O8. The maximum absolute atomic E-state index is 13.0. The first-order valence-electron chi connectivity index (χ1n) is 11.4. The summed E-state index contributed by atoms with van der Waals surface area (Å²) in [4.78, 5) is 75.5. The van der Waals surface area contributed by atoms with E-state index in [1.165, 1.54) is 0 Å². The second-order valence-corrected chi connectivity index (χ2v) is 8.13. The Morgan fingerprint density at radius 2 is 1.30 bits per heavy atom. The van der Waals surface area contributed by atoms with Crippen molar-refractivity contribution in [2.75, 3.05) is 13.1 Å². The van der Waals surface area contributed by atoms with E-state index < -0.39 is 72.6 Å². The van der Waals surface area contributed by atoms with Gasteiger partial charge in [0.2, 0.25) is 23.6 Å². The highest BCUT2D eigenvalue weighted by Crippen LogP contribution is 2.05. The largest absolute Gasteiger partial charge is 0.481 e. The molecule has 0 radical (unpaired) electrons. The number of rotatable bonds is 19. The van der Waals surface area contributed by atoms with Crippen molar-refractivity contribution in [3.63, 3.8) is 0 Å². The predicted octanol–water partition coefficient (Wildman–Crippen LogP) is -4.61. The molecule has 4 unspecified atom stereocenters. The van der Waals surface area contributed by atoms with Gasteiger partial charge in [-0.1, -0.05) is 6.42 Å². The minimum atomic E-state index is -1.75. The molecule has 0 heterocycles. The lowest BCUT2D eigenvalue weighted by Crippen LogP contribution is -2.57. The molecule has 0 aromatic carbocycles. The predicted molar refractivity (Wildman–Crippen MR) is 130 cm³/mol. The number of hydrogen-bond acceptors (Lipinski definition) is 9. The van der Waals surface area contributed by atoms with Crippen LogP contribution in [0, 0.1) is 0 Å². The molecule has 37 heavy (non-hydrogen) atoms. The van der Waals surface area contributed by atoms with Crippen molar-refractivity contribution in [3.8, 4) is 0 Å². The molecular weight excluding hydrogens is 494 g/mol. The van der Waals surface area contributed by atoms with Crippen molar-refractivity contribution in [2.24, 2.45) is 33.7 Å². The molecule has 210 valence electrons. The Kier molecular flexibility index (Phi) is 15.6. The van der Waals surface area contributed by atoms with Gasteiger partial charge in [-0.2, -0.15) is 0 Å². The third kappa shape index (κ3) is 14.9. The number of aliphatic carboxylic acids is 2. The Bertz CT molecular complexity index is 848. The first-order chi connectivity index (χ1) is 17.3. The molecule has 0 bridgehead atoms. The Labute approximate surface area is 212 Å². The molecule has 17 nitrogen and oxygen atoms in total. The van der Waals surface area contributed by atoms with Crippen LogP contribution in [-0.2, 0) is 28.8 Å². The quantitative estimate of drug-likeness (QED) is 0.0427.